The highest BCUT2D eigenvalue weighted by Crippen LogP contribution is 2.23. The van der Waals surface area contributed by atoms with E-state index in [1.165, 1.54) is 0 Å². The highest BCUT2D eigenvalue weighted by atomic mass is 16.4. The van der Waals surface area contributed by atoms with E-state index in [0.29, 0.717) is 17.3 Å². The summed E-state index contributed by atoms with van der Waals surface area (Å²) in [7, 11) is 1.77. The average molecular weight is 273 g/mol. The van der Waals surface area contributed by atoms with Gasteiger partial charge in [0.2, 0.25) is 5.76 Å². The summed E-state index contributed by atoms with van der Waals surface area (Å²) < 4.78 is 5.41. The van der Waals surface area contributed by atoms with Gasteiger partial charge in [0.25, 0.3) is 5.91 Å². The third-order valence-electron chi connectivity index (χ3n) is 3.30. The smallest absolute Gasteiger partial charge is 0.291 e. The van der Waals surface area contributed by atoms with Crippen molar-refractivity contribution < 1.29 is 9.21 Å². The van der Waals surface area contributed by atoms with Gasteiger partial charge in [-0.1, -0.05) is 13.0 Å². The van der Waals surface area contributed by atoms with Crippen LogP contribution in [0.15, 0.2) is 28.8 Å². The van der Waals surface area contributed by atoms with Gasteiger partial charge in [-0.2, -0.15) is 0 Å². The van der Waals surface area contributed by atoms with E-state index < -0.39 is 0 Å². The number of oxazole rings is 1. The maximum atomic E-state index is 12.5. The Balaban J connectivity index is 2.27. The van der Waals surface area contributed by atoms with E-state index in [1.807, 2.05) is 25.1 Å². The number of carbonyl (C=O) groups excluding carboxylic acids is 1. The third kappa shape index (κ3) is 2.71. The molecule has 0 saturated carbocycles. The molecule has 0 aliphatic carbocycles. The van der Waals surface area contributed by atoms with Crippen LogP contribution in [0.4, 0.5) is 0 Å². The summed E-state index contributed by atoms with van der Waals surface area (Å²) >= 11 is 0. The zero-order valence-corrected chi connectivity index (χ0v) is 12.3. The van der Waals surface area contributed by atoms with Crippen LogP contribution in [0, 0.1) is 13.8 Å². The fraction of sp³-hybridized carbons (Fsp3) is 0.400. The standard InChI is InChI=1S/C15H19N3O2/c1-5-13(12-8-6-7-9-16-12)18(4)15(19)14-10(2)17-11(3)20-14/h6-9,13H,5H2,1-4H3/t13-/m0/s1. The number of aromatic nitrogens is 2. The quantitative estimate of drug-likeness (QED) is 0.859. The highest BCUT2D eigenvalue weighted by molar-refractivity contribution is 5.92. The third-order valence-corrected chi connectivity index (χ3v) is 3.30. The first-order chi connectivity index (χ1) is 9.54. The molecule has 0 aliphatic rings. The second-order valence-corrected chi connectivity index (χ2v) is 4.74. The van der Waals surface area contributed by atoms with Gasteiger partial charge in [-0.25, -0.2) is 4.98 Å². The number of rotatable bonds is 4. The second kappa shape index (κ2) is 5.86. The normalized spacial score (nSPS) is 12.2. The molecule has 2 aromatic rings. The van der Waals surface area contributed by atoms with Crippen molar-refractivity contribution in [2.24, 2.45) is 0 Å². The molecule has 0 bridgehead atoms. The summed E-state index contributed by atoms with van der Waals surface area (Å²) in [6.07, 6.45) is 2.52. The lowest BCUT2D eigenvalue weighted by Gasteiger charge is -2.26. The molecule has 0 unspecified atom stereocenters. The number of amides is 1. The van der Waals surface area contributed by atoms with E-state index in [0.717, 1.165) is 12.1 Å². The van der Waals surface area contributed by atoms with Gasteiger partial charge in [-0.3, -0.25) is 9.78 Å². The molecular weight excluding hydrogens is 254 g/mol. The Morgan fingerprint density at radius 1 is 1.40 bits per heavy atom. The minimum atomic E-state index is -0.166. The van der Waals surface area contributed by atoms with Crippen molar-refractivity contribution in [1.29, 1.82) is 0 Å². The predicted molar refractivity (Wildman–Crippen MR) is 75.3 cm³/mol. The van der Waals surface area contributed by atoms with Gasteiger partial charge >= 0.3 is 0 Å². The molecule has 0 N–H and O–H groups in total. The Morgan fingerprint density at radius 3 is 2.65 bits per heavy atom. The lowest BCUT2D eigenvalue weighted by atomic mass is 10.1. The predicted octanol–water partition coefficient (Wildman–Crippen LogP) is 2.91. The van der Waals surface area contributed by atoms with Crippen LogP contribution in [0.3, 0.4) is 0 Å². The zero-order valence-electron chi connectivity index (χ0n) is 12.3. The van der Waals surface area contributed by atoms with Crippen molar-refractivity contribution in [1.82, 2.24) is 14.9 Å². The second-order valence-electron chi connectivity index (χ2n) is 4.74. The molecule has 2 aromatic heterocycles. The van der Waals surface area contributed by atoms with Crippen molar-refractivity contribution >= 4 is 5.91 Å². The summed E-state index contributed by atoms with van der Waals surface area (Å²) in [5, 5.41) is 0. The molecule has 5 nitrogen and oxygen atoms in total. The number of hydrogen-bond acceptors (Lipinski definition) is 4. The van der Waals surface area contributed by atoms with E-state index in [2.05, 4.69) is 9.97 Å². The van der Waals surface area contributed by atoms with Crippen molar-refractivity contribution in [3.8, 4) is 0 Å². The zero-order chi connectivity index (χ0) is 14.7. The van der Waals surface area contributed by atoms with Gasteiger partial charge in [0.05, 0.1) is 17.4 Å². The lowest BCUT2D eigenvalue weighted by Crippen LogP contribution is -2.31. The van der Waals surface area contributed by atoms with E-state index >= 15 is 0 Å². The van der Waals surface area contributed by atoms with Crippen molar-refractivity contribution in [3.05, 3.63) is 47.4 Å². The Kier molecular flexibility index (Phi) is 4.17. The van der Waals surface area contributed by atoms with E-state index in [1.54, 1.807) is 32.0 Å². The first-order valence-electron chi connectivity index (χ1n) is 6.66. The molecule has 2 heterocycles. The minimum absolute atomic E-state index is 0.0755. The SMILES string of the molecule is CC[C@@H](c1ccccn1)N(C)C(=O)c1oc(C)nc1C. The van der Waals surface area contributed by atoms with Gasteiger partial charge in [-0.05, 0) is 25.5 Å². The number of pyridine rings is 1. The Hall–Kier alpha value is -2.17. The summed E-state index contributed by atoms with van der Waals surface area (Å²) in [6, 6.07) is 5.64. The summed E-state index contributed by atoms with van der Waals surface area (Å²) in [6.45, 7) is 5.54. The molecule has 1 atom stereocenters. The minimum Gasteiger partial charge on any atom is -0.436 e. The van der Waals surface area contributed by atoms with Gasteiger partial charge in [0.1, 0.15) is 0 Å². The fourth-order valence-electron chi connectivity index (χ4n) is 2.29. The maximum Gasteiger partial charge on any atom is 0.291 e. The van der Waals surface area contributed by atoms with Gasteiger partial charge in [-0.15, -0.1) is 0 Å². The van der Waals surface area contributed by atoms with E-state index in [-0.39, 0.29) is 11.9 Å². The summed E-state index contributed by atoms with van der Waals surface area (Å²) in [5.41, 5.74) is 1.50. The van der Waals surface area contributed by atoms with Crippen LogP contribution in [-0.2, 0) is 0 Å². The molecule has 0 radical (unpaired) electrons. The molecule has 20 heavy (non-hydrogen) atoms. The molecule has 0 spiro atoms. The number of nitrogens with zero attached hydrogens (tertiary/aromatic N) is 3. The lowest BCUT2D eigenvalue weighted by molar-refractivity contribution is 0.0688. The van der Waals surface area contributed by atoms with Crippen LogP contribution in [0.5, 0.6) is 0 Å². The largest absolute Gasteiger partial charge is 0.436 e. The number of hydrogen-bond donors (Lipinski definition) is 0. The molecule has 0 aliphatic heterocycles. The Bertz CT molecular complexity index is 592. The first kappa shape index (κ1) is 14.2. The number of aryl methyl sites for hydroxylation is 2. The first-order valence-corrected chi connectivity index (χ1v) is 6.66. The van der Waals surface area contributed by atoms with Gasteiger partial charge in [0.15, 0.2) is 5.89 Å². The molecule has 2 rings (SSSR count). The average Bonchev–Trinajstić information content (AvgIpc) is 2.78. The highest BCUT2D eigenvalue weighted by Gasteiger charge is 2.26. The molecule has 0 saturated heterocycles. The van der Waals surface area contributed by atoms with Crippen molar-refractivity contribution in [3.63, 3.8) is 0 Å². The molecular formula is C15H19N3O2. The van der Waals surface area contributed by atoms with Crippen LogP contribution in [0.25, 0.3) is 0 Å². The van der Waals surface area contributed by atoms with Crippen LogP contribution >= 0.6 is 0 Å². The molecule has 1 amide bonds. The molecule has 0 fully saturated rings. The number of carbonyl (C=O) groups is 1. The van der Waals surface area contributed by atoms with Gasteiger partial charge < -0.3 is 9.32 Å². The molecule has 5 heteroatoms. The van der Waals surface area contributed by atoms with Crippen LogP contribution < -0.4 is 0 Å². The Morgan fingerprint density at radius 2 is 2.15 bits per heavy atom. The maximum absolute atomic E-state index is 12.5. The van der Waals surface area contributed by atoms with Crippen LogP contribution in [-0.4, -0.2) is 27.8 Å². The van der Waals surface area contributed by atoms with Gasteiger partial charge in [0, 0.05) is 20.2 Å². The van der Waals surface area contributed by atoms with E-state index in [9.17, 15) is 4.79 Å². The van der Waals surface area contributed by atoms with Crippen molar-refractivity contribution in [2.75, 3.05) is 7.05 Å². The monoisotopic (exact) mass is 273 g/mol. The topological polar surface area (TPSA) is 59.2 Å². The van der Waals surface area contributed by atoms with Crippen LogP contribution in [0.2, 0.25) is 0 Å². The summed E-state index contributed by atoms with van der Waals surface area (Å²) in [5.74, 6) is 0.644. The molecule has 0 aromatic carbocycles. The Labute approximate surface area is 118 Å². The van der Waals surface area contributed by atoms with Crippen molar-refractivity contribution in [2.45, 2.75) is 33.2 Å². The fourth-order valence-corrected chi connectivity index (χ4v) is 2.29. The van der Waals surface area contributed by atoms with E-state index in [4.69, 9.17) is 4.42 Å². The van der Waals surface area contributed by atoms with Crippen LogP contribution in [0.1, 0.15) is 47.2 Å². The summed E-state index contributed by atoms with van der Waals surface area (Å²) in [4.78, 5) is 22.7. The molecule has 106 valence electrons.